The zero-order valence-corrected chi connectivity index (χ0v) is 12.3. The van der Waals surface area contributed by atoms with Crippen LogP contribution in [0.1, 0.15) is 32.6 Å². The van der Waals surface area contributed by atoms with E-state index in [4.69, 9.17) is 18.0 Å². The SMILES string of the molecule is CCCC(NS(=O)(=O)CCCC(=O)OC)C(N)=S. The number of ether oxygens (including phenoxy) is 1. The number of hydrogen-bond donors (Lipinski definition) is 2. The summed E-state index contributed by atoms with van der Waals surface area (Å²) >= 11 is 4.80. The Morgan fingerprint density at radius 3 is 2.56 bits per heavy atom. The van der Waals surface area contributed by atoms with Crippen molar-refractivity contribution in [3.63, 3.8) is 0 Å². The van der Waals surface area contributed by atoms with Crippen LogP contribution in [0.25, 0.3) is 0 Å². The first-order valence-electron chi connectivity index (χ1n) is 5.68. The van der Waals surface area contributed by atoms with Crippen LogP contribution in [-0.2, 0) is 19.6 Å². The van der Waals surface area contributed by atoms with E-state index in [1.807, 2.05) is 6.92 Å². The Bertz CT molecular complexity index is 381. The van der Waals surface area contributed by atoms with Crippen LogP contribution in [0.2, 0.25) is 0 Å². The fraction of sp³-hybridized carbons (Fsp3) is 0.800. The number of sulfonamides is 1. The van der Waals surface area contributed by atoms with Gasteiger partial charge in [-0.05, 0) is 12.8 Å². The molecule has 8 heteroatoms. The highest BCUT2D eigenvalue weighted by atomic mass is 32.2. The van der Waals surface area contributed by atoms with E-state index in [9.17, 15) is 13.2 Å². The Balaban J connectivity index is 4.28. The van der Waals surface area contributed by atoms with Gasteiger partial charge in [-0.2, -0.15) is 0 Å². The molecule has 0 saturated carbocycles. The fourth-order valence-electron chi connectivity index (χ4n) is 1.33. The van der Waals surface area contributed by atoms with Gasteiger partial charge < -0.3 is 10.5 Å². The Morgan fingerprint density at radius 1 is 1.50 bits per heavy atom. The minimum absolute atomic E-state index is 0.0723. The van der Waals surface area contributed by atoms with Crippen molar-refractivity contribution in [1.29, 1.82) is 0 Å². The molecule has 0 amide bonds. The van der Waals surface area contributed by atoms with Crippen LogP contribution >= 0.6 is 12.2 Å². The van der Waals surface area contributed by atoms with Gasteiger partial charge in [0.1, 0.15) is 0 Å². The summed E-state index contributed by atoms with van der Waals surface area (Å²) in [6, 6.07) is -0.520. The Labute approximate surface area is 113 Å². The number of esters is 1. The molecule has 0 aliphatic carbocycles. The summed E-state index contributed by atoms with van der Waals surface area (Å²) in [6.45, 7) is 1.91. The van der Waals surface area contributed by atoms with Crippen molar-refractivity contribution >= 4 is 33.2 Å². The highest BCUT2D eigenvalue weighted by Crippen LogP contribution is 2.02. The second-order valence-electron chi connectivity index (χ2n) is 3.86. The van der Waals surface area contributed by atoms with Crippen LogP contribution < -0.4 is 10.5 Å². The number of carbonyl (C=O) groups excluding carboxylic acids is 1. The maximum atomic E-state index is 11.7. The van der Waals surface area contributed by atoms with E-state index >= 15 is 0 Å². The topological polar surface area (TPSA) is 98.5 Å². The molecular weight excluding hydrogens is 276 g/mol. The van der Waals surface area contributed by atoms with Crippen molar-refractivity contribution in [1.82, 2.24) is 4.72 Å². The highest BCUT2D eigenvalue weighted by molar-refractivity contribution is 7.89. The van der Waals surface area contributed by atoms with Gasteiger partial charge in [-0.25, -0.2) is 13.1 Å². The van der Waals surface area contributed by atoms with Crippen molar-refractivity contribution in [2.45, 2.75) is 38.6 Å². The first-order valence-corrected chi connectivity index (χ1v) is 7.74. The van der Waals surface area contributed by atoms with Crippen LogP contribution in [-0.4, -0.2) is 38.3 Å². The van der Waals surface area contributed by atoms with E-state index in [1.54, 1.807) is 0 Å². The monoisotopic (exact) mass is 296 g/mol. The predicted octanol–water partition coefficient (Wildman–Crippen LogP) is 0.314. The number of rotatable bonds is 9. The number of carbonyl (C=O) groups is 1. The molecule has 6 nitrogen and oxygen atoms in total. The largest absolute Gasteiger partial charge is 0.469 e. The van der Waals surface area contributed by atoms with Gasteiger partial charge in [-0.3, -0.25) is 4.79 Å². The second kappa shape index (κ2) is 8.39. The van der Waals surface area contributed by atoms with Crippen LogP contribution in [0.3, 0.4) is 0 Å². The molecule has 1 unspecified atom stereocenters. The minimum atomic E-state index is -3.48. The van der Waals surface area contributed by atoms with E-state index < -0.39 is 22.0 Å². The van der Waals surface area contributed by atoms with E-state index in [0.717, 1.165) is 6.42 Å². The predicted molar refractivity (Wildman–Crippen MR) is 73.7 cm³/mol. The third-order valence-corrected chi connectivity index (χ3v) is 4.02. The summed E-state index contributed by atoms with van der Waals surface area (Å²) in [6.07, 6.45) is 1.61. The first kappa shape index (κ1) is 17.3. The standard InChI is InChI=1S/C10H20N2O4S2/c1-3-5-8(10(11)17)12-18(14,15)7-4-6-9(13)16-2/h8,12H,3-7H2,1-2H3,(H2,11,17). The lowest BCUT2D eigenvalue weighted by Gasteiger charge is -2.16. The van der Waals surface area contributed by atoms with Crippen molar-refractivity contribution < 1.29 is 17.9 Å². The molecule has 0 radical (unpaired) electrons. The van der Waals surface area contributed by atoms with Crippen LogP contribution in [0.4, 0.5) is 0 Å². The molecule has 1 atom stereocenters. The van der Waals surface area contributed by atoms with Gasteiger partial charge in [0.15, 0.2) is 0 Å². The molecule has 0 rings (SSSR count). The molecule has 3 N–H and O–H groups in total. The maximum absolute atomic E-state index is 11.7. The number of hydrogen-bond acceptors (Lipinski definition) is 5. The van der Waals surface area contributed by atoms with Crippen molar-refractivity contribution in [2.75, 3.05) is 12.9 Å². The lowest BCUT2D eigenvalue weighted by molar-refractivity contribution is -0.140. The first-order chi connectivity index (χ1) is 8.32. The van der Waals surface area contributed by atoms with Gasteiger partial charge in [0.2, 0.25) is 10.0 Å². The van der Waals surface area contributed by atoms with Gasteiger partial charge in [-0.1, -0.05) is 25.6 Å². The Morgan fingerprint density at radius 2 is 2.11 bits per heavy atom. The molecule has 0 fully saturated rings. The molecular formula is C10H20N2O4S2. The van der Waals surface area contributed by atoms with E-state index in [2.05, 4.69) is 9.46 Å². The van der Waals surface area contributed by atoms with Gasteiger partial charge in [0, 0.05) is 6.42 Å². The molecule has 0 heterocycles. The average molecular weight is 296 g/mol. The Hall–Kier alpha value is -0.730. The zero-order chi connectivity index (χ0) is 14.2. The van der Waals surface area contributed by atoms with Crippen molar-refractivity contribution in [2.24, 2.45) is 5.73 Å². The maximum Gasteiger partial charge on any atom is 0.305 e. The lowest BCUT2D eigenvalue weighted by Crippen LogP contribution is -2.44. The molecule has 0 aliphatic heterocycles. The summed E-state index contributed by atoms with van der Waals surface area (Å²) in [5.74, 6) is -0.574. The molecule has 0 bridgehead atoms. The molecule has 0 spiro atoms. The van der Waals surface area contributed by atoms with Gasteiger partial charge in [0.25, 0.3) is 0 Å². The van der Waals surface area contributed by atoms with Gasteiger partial charge in [0.05, 0.1) is 23.9 Å². The van der Waals surface area contributed by atoms with Crippen molar-refractivity contribution in [3.05, 3.63) is 0 Å². The van der Waals surface area contributed by atoms with Crippen LogP contribution in [0, 0.1) is 0 Å². The third-order valence-electron chi connectivity index (χ3n) is 2.26. The number of thiocarbonyl (C=S) groups is 1. The molecule has 18 heavy (non-hydrogen) atoms. The third kappa shape index (κ3) is 7.57. The van der Waals surface area contributed by atoms with Crippen LogP contribution in [0.5, 0.6) is 0 Å². The average Bonchev–Trinajstić information content (AvgIpc) is 2.27. The fourth-order valence-corrected chi connectivity index (χ4v) is 2.90. The van der Waals surface area contributed by atoms with Crippen LogP contribution in [0.15, 0.2) is 0 Å². The lowest BCUT2D eigenvalue weighted by atomic mass is 10.2. The van der Waals surface area contributed by atoms with E-state index in [0.29, 0.717) is 6.42 Å². The smallest absolute Gasteiger partial charge is 0.305 e. The van der Waals surface area contributed by atoms with Gasteiger partial charge in [-0.15, -0.1) is 0 Å². The van der Waals surface area contributed by atoms with E-state index in [-0.39, 0.29) is 23.6 Å². The minimum Gasteiger partial charge on any atom is -0.469 e. The molecule has 0 aromatic carbocycles. The number of nitrogens with two attached hydrogens (primary N) is 1. The molecule has 106 valence electrons. The molecule has 0 saturated heterocycles. The second-order valence-corrected chi connectivity index (χ2v) is 6.20. The normalized spacial score (nSPS) is 13.0. The highest BCUT2D eigenvalue weighted by Gasteiger charge is 2.19. The zero-order valence-electron chi connectivity index (χ0n) is 10.6. The summed E-state index contributed by atoms with van der Waals surface area (Å²) in [4.78, 5) is 11.0. The quantitative estimate of drug-likeness (QED) is 0.469. The summed E-state index contributed by atoms with van der Waals surface area (Å²) in [5, 5.41) is 0. The van der Waals surface area contributed by atoms with E-state index in [1.165, 1.54) is 7.11 Å². The summed E-state index contributed by atoms with van der Waals surface area (Å²) in [7, 11) is -2.21. The Kier molecular flexibility index (Phi) is 8.05. The molecule has 0 aromatic heterocycles. The number of nitrogens with one attached hydrogen (secondary N) is 1. The summed E-state index contributed by atoms with van der Waals surface area (Å²) in [5.41, 5.74) is 5.46. The molecule has 0 aliphatic rings. The summed E-state index contributed by atoms with van der Waals surface area (Å²) < 4.78 is 30.3. The molecule has 0 aromatic rings. The van der Waals surface area contributed by atoms with Crippen molar-refractivity contribution in [3.8, 4) is 0 Å². The van der Waals surface area contributed by atoms with Gasteiger partial charge >= 0.3 is 5.97 Å². The number of methoxy groups -OCH3 is 1.